The molecule has 2 unspecified atom stereocenters. The molecule has 5 rings (SSSR count). The lowest BCUT2D eigenvalue weighted by Crippen LogP contribution is -2.57. The number of nitrogens with zero attached hydrogens (tertiary/aromatic N) is 2. The fourth-order valence-electron chi connectivity index (χ4n) is 4.50. The summed E-state index contributed by atoms with van der Waals surface area (Å²) in [7, 11) is 0. The number of aliphatic hydroxyl groups is 1. The van der Waals surface area contributed by atoms with E-state index in [0.29, 0.717) is 16.8 Å². The minimum absolute atomic E-state index is 0.0782. The second kappa shape index (κ2) is 10.2. The SMILES string of the molecule is Cc1cncc(-c2ccc(N3C(=O)[C@H](SCC(O)c4ccc(F)cc4)C3c3ccc(O)cc3O)cc2)c1. The number of carbonyl (C=O) groups is 1. The number of amides is 1. The van der Waals surface area contributed by atoms with Gasteiger partial charge in [-0.25, -0.2) is 4.39 Å². The number of carbonyl (C=O) groups excluding carboxylic acids is 1. The monoisotopic (exact) mass is 516 g/mol. The number of hydrogen-bond donors (Lipinski definition) is 3. The first-order chi connectivity index (χ1) is 17.8. The number of anilines is 1. The van der Waals surface area contributed by atoms with Crippen molar-refractivity contribution in [3.8, 4) is 22.6 Å². The lowest BCUT2D eigenvalue weighted by molar-refractivity contribution is -0.123. The summed E-state index contributed by atoms with van der Waals surface area (Å²) < 4.78 is 13.2. The number of benzene rings is 3. The molecular weight excluding hydrogens is 491 g/mol. The van der Waals surface area contributed by atoms with E-state index >= 15 is 0 Å². The van der Waals surface area contributed by atoms with Crippen molar-refractivity contribution in [2.45, 2.75) is 24.3 Å². The summed E-state index contributed by atoms with van der Waals surface area (Å²) in [6, 6.07) is 19.0. The lowest BCUT2D eigenvalue weighted by atomic mass is 9.91. The Bertz CT molecular complexity index is 1430. The van der Waals surface area contributed by atoms with Crippen molar-refractivity contribution in [3.05, 3.63) is 108 Å². The van der Waals surface area contributed by atoms with Crippen LogP contribution in [0.5, 0.6) is 11.5 Å². The van der Waals surface area contributed by atoms with E-state index in [2.05, 4.69) is 4.98 Å². The Kier molecular flexibility index (Phi) is 6.86. The number of β-lactam (4-membered cyclic amide) rings is 1. The topological polar surface area (TPSA) is 93.9 Å². The number of phenolic OH excluding ortho intramolecular Hbond substituents is 2. The van der Waals surface area contributed by atoms with Gasteiger partial charge >= 0.3 is 0 Å². The summed E-state index contributed by atoms with van der Waals surface area (Å²) >= 11 is 1.28. The van der Waals surface area contributed by atoms with Crippen molar-refractivity contribution in [2.75, 3.05) is 10.7 Å². The van der Waals surface area contributed by atoms with Crippen LogP contribution in [0.3, 0.4) is 0 Å². The number of pyridine rings is 1. The molecular formula is C29H25FN2O4S. The number of hydrogen-bond acceptors (Lipinski definition) is 6. The van der Waals surface area contributed by atoms with Gasteiger partial charge in [-0.1, -0.05) is 24.3 Å². The zero-order valence-electron chi connectivity index (χ0n) is 20.0. The van der Waals surface area contributed by atoms with E-state index in [9.17, 15) is 24.5 Å². The van der Waals surface area contributed by atoms with Crippen LogP contribution in [0.4, 0.5) is 10.1 Å². The number of halogens is 1. The van der Waals surface area contributed by atoms with Gasteiger partial charge in [-0.2, -0.15) is 0 Å². The second-order valence-electron chi connectivity index (χ2n) is 9.02. The predicted octanol–water partition coefficient (Wildman–Crippen LogP) is 5.53. The summed E-state index contributed by atoms with van der Waals surface area (Å²) in [5, 5.41) is 30.4. The summed E-state index contributed by atoms with van der Waals surface area (Å²) in [6.45, 7) is 1.98. The largest absolute Gasteiger partial charge is 0.508 e. The highest BCUT2D eigenvalue weighted by Gasteiger charge is 2.50. The van der Waals surface area contributed by atoms with Crippen LogP contribution in [0.2, 0.25) is 0 Å². The van der Waals surface area contributed by atoms with Gasteiger partial charge in [0.25, 0.3) is 0 Å². The third-order valence-electron chi connectivity index (χ3n) is 6.42. The first-order valence-electron chi connectivity index (χ1n) is 11.7. The standard InChI is InChI=1S/C29H25FN2O4S/c1-17-12-20(15-31-14-17)18-4-8-22(9-5-18)32-27(24-11-10-23(33)13-25(24)34)28(29(32)36)37-16-26(35)19-2-6-21(30)7-3-19/h2-15,26-28,33-35H,16H2,1H3/t26?,27?,28-/m1/s1. The molecule has 2 heterocycles. The van der Waals surface area contributed by atoms with E-state index in [1.807, 2.05) is 37.3 Å². The molecule has 1 fully saturated rings. The average Bonchev–Trinajstić information content (AvgIpc) is 2.88. The lowest BCUT2D eigenvalue weighted by Gasteiger charge is -2.47. The summed E-state index contributed by atoms with van der Waals surface area (Å²) in [6.07, 6.45) is 2.69. The molecule has 6 nitrogen and oxygen atoms in total. The van der Waals surface area contributed by atoms with Gasteiger partial charge in [0.05, 0.1) is 12.1 Å². The van der Waals surface area contributed by atoms with Gasteiger partial charge in [0.15, 0.2) is 0 Å². The Morgan fingerprint density at radius 1 is 0.973 bits per heavy atom. The van der Waals surface area contributed by atoms with Gasteiger partial charge in [0.2, 0.25) is 5.91 Å². The van der Waals surface area contributed by atoms with Crippen LogP contribution in [-0.4, -0.2) is 37.2 Å². The van der Waals surface area contributed by atoms with E-state index in [1.165, 1.54) is 48.2 Å². The summed E-state index contributed by atoms with van der Waals surface area (Å²) in [5.74, 6) is -0.523. The van der Waals surface area contributed by atoms with Crippen molar-refractivity contribution < 1.29 is 24.5 Å². The number of aryl methyl sites for hydroxylation is 1. The Labute approximate surface area is 218 Å². The van der Waals surface area contributed by atoms with Gasteiger partial charge in [-0.15, -0.1) is 11.8 Å². The van der Waals surface area contributed by atoms with Crippen LogP contribution in [0.1, 0.15) is 28.8 Å². The Balaban J connectivity index is 1.40. The molecule has 8 heteroatoms. The molecule has 4 aromatic rings. The summed E-state index contributed by atoms with van der Waals surface area (Å²) in [4.78, 5) is 19.2. The molecule has 1 aliphatic heterocycles. The molecule has 1 saturated heterocycles. The van der Waals surface area contributed by atoms with Gasteiger partial charge in [0.1, 0.15) is 22.6 Å². The smallest absolute Gasteiger partial charge is 0.243 e. The Hall–Kier alpha value is -3.88. The number of phenols is 2. The highest BCUT2D eigenvalue weighted by atomic mass is 32.2. The first kappa shape index (κ1) is 24.8. The highest BCUT2D eigenvalue weighted by molar-refractivity contribution is 8.00. The molecule has 0 radical (unpaired) electrons. The van der Waals surface area contributed by atoms with Gasteiger partial charge < -0.3 is 20.2 Å². The minimum atomic E-state index is -0.885. The van der Waals surface area contributed by atoms with Crippen molar-refractivity contribution in [1.29, 1.82) is 0 Å². The molecule has 3 atom stereocenters. The van der Waals surface area contributed by atoms with E-state index in [0.717, 1.165) is 16.7 Å². The highest BCUT2D eigenvalue weighted by Crippen LogP contribution is 2.48. The molecule has 1 aliphatic rings. The Morgan fingerprint density at radius 3 is 2.38 bits per heavy atom. The molecule has 0 saturated carbocycles. The van der Waals surface area contributed by atoms with E-state index in [1.54, 1.807) is 23.4 Å². The third-order valence-corrected chi connectivity index (χ3v) is 7.75. The van der Waals surface area contributed by atoms with E-state index in [4.69, 9.17) is 0 Å². The summed E-state index contributed by atoms with van der Waals surface area (Å²) in [5.41, 5.74) is 4.71. The second-order valence-corrected chi connectivity index (χ2v) is 10.2. The quantitative estimate of drug-likeness (QED) is 0.280. The zero-order valence-corrected chi connectivity index (χ0v) is 20.8. The maximum Gasteiger partial charge on any atom is 0.243 e. The van der Waals surface area contributed by atoms with Crippen molar-refractivity contribution in [1.82, 2.24) is 4.98 Å². The molecule has 3 N–H and O–H groups in total. The fourth-order valence-corrected chi connectivity index (χ4v) is 5.79. The normalized spacial score (nSPS) is 17.9. The molecule has 3 aromatic carbocycles. The minimum Gasteiger partial charge on any atom is -0.508 e. The van der Waals surface area contributed by atoms with Crippen molar-refractivity contribution in [3.63, 3.8) is 0 Å². The number of aromatic nitrogens is 1. The first-order valence-corrected chi connectivity index (χ1v) is 12.8. The van der Waals surface area contributed by atoms with Crippen LogP contribution >= 0.6 is 11.8 Å². The molecule has 0 spiro atoms. The van der Waals surface area contributed by atoms with Gasteiger partial charge in [-0.3, -0.25) is 9.78 Å². The third kappa shape index (κ3) is 5.03. The van der Waals surface area contributed by atoms with Crippen LogP contribution < -0.4 is 4.90 Å². The van der Waals surface area contributed by atoms with Crippen molar-refractivity contribution >= 4 is 23.4 Å². The number of aliphatic hydroxyl groups excluding tert-OH is 1. The van der Waals surface area contributed by atoms with E-state index < -0.39 is 17.4 Å². The average molecular weight is 517 g/mol. The van der Waals surface area contributed by atoms with Gasteiger partial charge in [0, 0.05) is 41.0 Å². The van der Waals surface area contributed by atoms with Gasteiger partial charge in [-0.05, 0) is 66.1 Å². The maximum atomic E-state index is 13.4. The van der Waals surface area contributed by atoms with E-state index in [-0.39, 0.29) is 29.0 Å². The number of aromatic hydroxyl groups is 2. The molecule has 1 aromatic heterocycles. The van der Waals surface area contributed by atoms with Crippen LogP contribution in [0.15, 0.2) is 85.2 Å². The van der Waals surface area contributed by atoms with Crippen LogP contribution in [-0.2, 0) is 4.79 Å². The van der Waals surface area contributed by atoms with Crippen LogP contribution in [0, 0.1) is 12.7 Å². The molecule has 188 valence electrons. The molecule has 37 heavy (non-hydrogen) atoms. The zero-order chi connectivity index (χ0) is 26.1. The Morgan fingerprint density at radius 2 is 1.70 bits per heavy atom. The number of thioether (sulfide) groups is 1. The number of rotatable bonds is 7. The fraction of sp³-hybridized carbons (Fsp3) is 0.172. The molecule has 0 bridgehead atoms. The van der Waals surface area contributed by atoms with Crippen LogP contribution in [0.25, 0.3) is 11.1 Å². The maximum absolute atomic E-state index is 13.4. The molecule has 0 aliphatic carbocycles. The predicted molar refractivity (Wildman–Crippen MR) is 142 cm³/mol. The van der Waals surface area contributed by atoms with Crippen molar-refractivity contribution in [2.24, 2.45) is 0 Å². The molecule has 1 amide bonds.